The van der Waals surface area contributed by atoms with E-state index in [0.29, 0.717) is 18.7 Å². The molecular weight excluding hydrogens is 512 g/mol. The van der Waals surface area contributed by atoms with Crippen LogP contribution < -0.4 is 10.2 Å². The summed E-state index contributed by atoms with van der Waals surface area (Å²) < 4.78 is 3.94. The zero-order valence-corrected chi connectivity index (χ0v) is 22.1. The molecule has 6 aromatic rings. The summed E-state index contributed by atoms with van der Waals surface area (Å²) in [6.07, 6.45) is 2.92. The first-order valence-corrected chi connectivity index (χ1v) is 13.4. The monoisotopic (exact) mass is 536 g/mol. The Hall–Kier alpha value is -4.77. The largest absolute Gasteiger partial charge is 0.337 e. The molecule has 0 saturated heterocycles. The first-order chi connectivity index (χ1) is 19.0. The lowest BCUT2D eigenvalue weighted by molar-refractivity contribution is -0.120. The number of nitrogens with zero attached hydrogens (tertiary/aromatic N) is 6. The van der Waals surface area contributed by atoms with E-state index in [1.165, 1.54) is 0 Å². The van der Waals surface area contributed by atoms with Crippen molar-refractivity contribution in [3.63, 3.8) is 0 Å². The van der Waals surface area contributed by atoms with Crippen LogP contribution in [0.5, 0.6) is 0 Å². The van der Waals surface area contributed by atoms with Crippen LogP contribution in [-0.2, 0) is 24.7 Å². The minimum Gasteiger partial charge on any atom is -0.337 e. The summed E-state index contributed by atoms with van der Waals surface area (Å²) in [5.74, 6) is 0.738. The number of fused-ring (bicyclic) bond motifs is 1. The van der Waals surface area contributed by atoms with Crippen LogP contribution in [0.15, 0.2) is 66.2 Å². The molecule has 7 rings (SSSR count). The number of nitrogens with one attached hydrogen (secondary N) is 2. The van der Waals surface area contributed by atoms with Crippen LogP contribution in [-0.4, -0.2) is 54.4 Å². The fraction of sp³-hybridized carbons (Fsp3) is 0.179. The van der Waals surface area contributed by atoms with Crippen molar-refractivity contribution < 1.29 is 9.59 Å². The third-order valence-electron chi connectivity index (χ3n) is 7.23. The molecule has 1 aliphatic heterocycles. The van der Waals surface area contributed by atoms with E-state index in [4.69, 9.17) is 5.10 Å². The number of aromatic nitrogens is 6. The van der Waals surface area contributed by atoms with E-state index in [0.717, 1.165) is 43.8 Å². The average molecular weight is 537 g/mol. The van der Waals surface area contributed by atoms with Crippen molar-refractivity contribution in [1.82, 2.24) is 34.8 Å². The summed E-state index contributed by atoms with van der Waals surface area (Å²) in [7, 11) is 3.67. The summed E-state index contributed by atoms with van der Waals surface area (Å²) >= 11 is 1.61. The predicted molar refractivity (Wildman–Crippen MR) is 149 cm³/mol. The van der Waals surface area contributed by atoms with Crippen LogP contribution in [0, 0.1) is 0 Å². The van der Waals surface area contributed by atoms with Gasteiger partial charge in [-0.15, -0.1) is 16.4 Å². The zero-order chi connectivity index (χ0) is 26.7. The Morgan fingerprint density at radius 3 is 2.79 bits per heavy atom. The number of aromatic amines is 1. The maximum Gasteiger partial charge on any atom is 0.291 e. The van der Waals surface area contributed by atoms with Crippen molar-refractivity contribution in [2.75, 3.05) is 11.9 Å². The summed E-state index contributed by atoms with van der Waals surface area (Å²) in [4.78, 5) is 33.7. The highest BCUT2D eigenvalue weighted by Gasteiger charge is 2.33. The van der Waals surface area contributed by atoms with Gasteiger partial charge in [0.2, 0.25) is 11.7 Å². The van der Waals surface area contributed by atoms with Gasteiger partial charge in [0.15, 0.2) is 5.82 Å². The molecule has 0 unspecified atom stereocenters. The smallest absolute Gasteiger partial charge is 0.291 e. The molecule has 5 heterocycles. The van der Waals surface area contributed by atoms with Crippen molar-refractivity contribution in [2.24, 2.45) is 7.05 Å². The topological polar surface area (TPSA) is 114 Å². The molecule has 2 aromatic carbocycles. The lowest BCUT2D eigenvalue weighted by Crippen LogP contribution is -2.48. The van der Waals surface area contributed by atoms with E-state index in [1.807, 2.05) is 71.8 Å². The Balaban J connectivity index is 1.24. The van der Waals surface area contributed by atoms with Crippen LogP contribution in [0.3, 0.4) is 0 Å². The maximum absolute atomic E-state index is 13.5. The van der Waals surface area contributed by atoms with Crippen molar-refractivity contribution in [1.29, 1.82) is 0 Å². The molecule has 0 spiro atoms. The van der Waals surface area contributed by atoms with Gasteiger partial charge >= 0.3 is 0 Å². The Bertz CT molecular complexity index is 1880. The van der Waals surface area contributed by atoms with Crippen molar-refractivity contribution in [2.45, 2.75) is 18.9 Å². The molecule has 0 saturated carbocycles. The Kier molecular flexibility index (Phi) is 5.34. The molecule has 0 fully saturated rings. The quantitative estimate of drug-likeness (QED) is 0.350. The van der Waals surface area contributed by atoms with Gasteiger partial charge in [0.05, 0.1) is 16.7 Å². The highest BCUT2D eigenvalue weighted by Crippen LogP contribution is 2.37. The number of anilines is 1. The van der Waals surface area contributed by atoms with E-state index < -0.39 is 11.9 Å². The van der Waals surface area contributed by atoms with Gasteiger partial charge in [-0.2, -0.15) is 5.10 Å². The minimum absolute atomic E-state index is 0.0152. The molecule has 10 nitrogen and oxygen atoms in total. The van der Waals surface area contributed by atoms with Crippen molar-refractivity contribution >= 4 is 50.6 Å². The maximum atomic E-state index is 13.5. The van der Waals surface area contributed by atoms with Gasteiger partial charge in [-0.25, -0.2) is 4.98 Å². The summed E-state index contributed by atoms with van der Waals surface area (Å²) in [5.41, 5.74) is 3.72. The number of para-hydroxylation sites is 1. The average Bonchev–Trinajstić information content (AvgIpc) is 3.74. The van der Waals surface area contributed by atoms with Crippen LogP contribution in [0.1, 0.15) is 26.9 Å². The second kappa shape index (κ2) is 8.91. The summed E-state index contributed by atoms with van der Waals surface area (Å²) in [5, 5.41) is 18.6. The summed E-state index contributed by atoms with van der Waals surface area (Å²) in [6, 6.07) is 17.2. The van der Waals surface area contributed by atoms with E-state index in [-0.39, 0.29) is 11.7 Å². The lowest BCUT2D eigenvalue weighted by Gasteiger charge is -2.22. The van der Waals surface area contributed by atoms with Crippen LogP contribution in [0.4, 0.5) is 5.69 Å². The molecule has 4 aromatic heterocycles. The van der Waals surface area contributed by atoms with E-state index in [2.05, 4.69) is 31.1 Å². The summed E-state index contributed by atoms with van der Waals surface area (Å²) in [6.45, 7) is 0. The van der Waals surface area contributed by atoms with Gasteiger partial charge in [-0.3, -0.25) is 23.9 Å². The number of amides is 2. The van der Waals surface area contributed by atoms with Crippen molar-refractivity contribution in [3.8, 4) is 5.82 Å². The first kappa shape index (κ1) is 23.4. The molecule has 1 aliphatic rings. The lowest BCUT2D eigenvalue weighted by atomic mass is 10.1. The van der Waals surface area contributed by atoms with Gasteiger partial charge in [0, 0.05) is 48.8 Å². The van der Waals surface area contributed by atoms with Crippen LogP contribution in [0.2, 0.25) is 0 Å². The zero-order valence-electron chi connectivity index (χ0n) is 21.3. The third-order valence-corrected chi connectivity index (χ3v) is 8.10. The second-order valence-corrected chi connectivity index (χ2v) is 10.7. The Morgan fingerprint density at radius 2 is 1.95 bits per heavy atom. The third kappa shape index (κ3) is 3.81. The Morgan fingerprint density at radius 1 is 1.10 bits per heavy atom. The van der Waals surface area contributed by atoms with Gasteiger partial charge in [-0.1, -0.05) is 24.3 Å². The van der Waals surface area contributed by atoms with Gasteiger partial charge in [-0.05, 0) is 41.3 Å². The molecule has 1 atom stereocenters. The van der Waals surface area contributed by atoms with E-state index in [9.17, 15) is 9.59 Å². The van der Waals surface area contributed by atoms with Crippen molar-refractivity contribution in [3.05, 3.63) is 88.3 Å². The number of rotatable bonds is 5. The number of hydrogen-bond donors (Lipinski definition) is 2. The number of benzene rings is 2. The number of H-pyrrole nitrogens is 1. The number of carbonyl (C=O) groups excluding carboxylic acids is 2. The molecule has 39 heavy (non-hydrogen) atoms. The normalized spacial score (nSPS) is 15.3. The number of thiophene rings is 1. The first-order valence-electron chi connectivity index (χ1n) is 12.5. The van der Waals surface area contributed by atoms with E-state index in [1.54, 1.807) is 23.3 Å². The molecule has 2 N–H and O–H groups in total. The number of likely N-dealkylation sites (N-methyl/N-ethyl adjacent to an activating group) is 1. The highest BCUT2D eigenvalue weighted by atomic mass is 32.1. The molecule has 194 valence electrons. The molecule has 11 heteroatoms. The standard InChI is InChI=1S/C28H24N8O2S/c1-34-21-10-5-11-22-24(21)16(15-36(22)26-18-8-3-4-9-20(18)35(2)33-26)13-19(28(34)38)29-27(37)25-30-23(31-32-25)14-17-7-6-12-39-17/h3-12,15,19H,13-14H2,1-2H3,(H,29,37)(H,30,31,32)/t19-/m0/s1. The second-order valence-electron chi connectivity index (χ2n) is 9.65. The Labute approximate surface area is 226 Å². The molecular formula is C28H24N8O2S. The fourth-order valence-corrected chi connectivity index (χ4v) is 6.09. The number of aryl methyl sites for hydroxylation is 1. The van der Waals surface area contributed by atoms with Gasteiger partial charge in [0.1, 0.15) is 11.9 Å². The SMILES string of the molecule is CN1C(=O)[C@@H](NC(=O)c2n[nH]c(Cc3cccs3)n2)Cc2cn(-c3nn(C)c4ccccc34)c3cccc1c23. The van der Waals surface area contributed by atoms with Crippen LogP contribution in [0.25, 0.3) is 27.6 Å². The number of carbonyl (C=O) groups is 2. The molecule has 2 amide bonds. The highest BCUT2D eigenvalue weighted by molar-refractivity contribution is 7.09. The van der Waals surface area contributed by atoms with Crippen LogP contribution >= 0.6 is 11.3 Å². The van der Waals surface area contributed by atoms with Gasteiger partial charge in [0.25, 0.3) is 5.91 Å². The molecule has 0 aliphatic carbocycles. The van der Waals surface area contributed by atoms with Gasteiger partial charge < -0.3 is 10.2 Å². The fourth-order valence-electron chi connectivity index (χ4n) is 5.38. The number of hydrogen-bond acceptors (Lipinski definition) is 6. The minimum atomic E-state index is -0.784. The van der Waals surface area contributed by atoms with E-state index >= 15 is 0 Å². The molecule has 0 radical (unpaired) electrons. The predicted octanol–water partition coefficient (Wildman–Crippen LogP) is 3.61. The molecule has 0 bridgehead atoms.